The van der Waals surface area contributed by atoms with Gasteiger partial charge in [0.25, 0.3) is 0 Å². The first kappa shape index (κ1) is 25.8. The predicted octanol–water partition coefficient (Wildman–Crippen LogP) is 3.78. The second-order valence-electron chi connectivity index (χ2n) is 11.5. The number of anilines is 1. The van der Waals surface area contributed by atoms with Gasteiger partial charge in [-0.05, 0) is 81.6 Å². The van der Waals surface area contributed by atoms with E-state index in [1.54, 1.807) is 12.4 Å². The smallest absolute Gasteiger partial charge is 0.444 e. The summed E-state index contributed by atoms with van der Waals surface area (Å²) in [5, 5.41) is 0. The van der Waals surface area contributed by atoms with Crippen LogP contribution >= 0.6 is 0 Å². The number of nitrogens with zero attached hydrogens (tertiary/aromatic N) is 4. The Labute approximate surface area is 199 Å². The molecule has 8 nitrogen and oxygen atoms in total. The zero-order chi connectivity index (χ0) is 24.6. The topological polar surface area (TPSA) is 77.0 Å². The molecule has 33 heavy (non-hydrogen) atoms. The molecule has 9 heteroatoms. The summed E-state index contributed by atoms with van der Waals surface area (Å²) >= 11 is 0. The Hall–Kier alpha value is -1.87. The maximum Gasteiger partial charge on any atom is 0.498 e. The van der Waals surface area contributed by atoms with Crippen LogP contribution in [-0.4, -0.2) is 70.1 Å². The molecule has 0 N–H and O–H groups in total. The third-order valence-electron chi connectivity index (χ3n) is 6.73. The van der Waals surface area contributed by atoms with Gasteiger partial charge in [0, 0.05) is 37.0 Å². The van der Waals surface area contributed by atoms with Crippen LogP contribution in [0.3, 0.4) is 0 Å². The first-order valence-electron chi connectivity index (χ1n) is 12.1. The zero-order valence-electron chi connectivity index (χ0n) is 21.8. The molecule has 0 unspecified atom stereocenters. The van der Waals surface area contributed by atoms with E-state index in [0.29, 0.717) is 19.0 Å². The van der Waals surface area contributed by atoms with Crippen LogP contribution in [0.4, 0.5) is 10.7 Å². The van der Waals surface area contributed by atoms with Crippen molar-refractivity contribution in [3.8, 4) is 0 Å². The van der Waals surface area contributed by atoms with Gasteiger partial charge in [0.05, 0.1) is 17.2 Å². The van der Waals surface area contributed by atoms with Gasteiger partial charge < -0.3 is 23.8 Å². The number of hydrogen-bond donors (Lipinski definition) is 0. The Bertz CT molecular complexity index is 807. The van der Waals surface area contributed by atoms with Gasteiger partial charge in [0.1, 0.15) is 5.60 Å². The van der Waals surface area contributed by atoms with Gasteiger partial charge >= 0.3 is 13.2 Å². The first-order valence-corrected chi connectivity index (χ1v) is 12.1. The van der Waals surface area contributed by atoms with Crippen LogP contribution in [0.5, 0.6) is 0 Å². The Morgan fingerprint density at radius 1 is 1.18 bits per heavy atom. The van der Waals surface area contributed by atoms with E-state index < -0.39 is 23.9 Å². The maximum atomic E-state index is 12.8. The van der Waals surface area contributed by atoms with Gasteiger partial charge in [-0.1, -0.05) is 0 Å². The molecule has 1 amide bonds. The molecule has 0 spiro atoms. The standard InChI is InChI=1S/C24H41BN4O4/c1-17(2)29(16-19-12-10-11-13-28(19)21(30)31-22(3,4)5)20-26-14-18(15-27-20)25-32-23(6,7)24(8,9)33-25/h14-15,17,19H,10-13,16H2,1-9H3/t19-/m1/s1. The lowest BCUT2D eigenvalue weighted by Crippen LogP contribution is -2.52. The van der Waals surface area contributed by atoms with Crippen LogP contribution in [0, 0.1) is 0 Å². The molecule has 1 aromatic rings. The van der Waals surface area contributed by atoms with Crippen LogP contribution in [0.25, 0.3) is 0 Å². The summed E-state index contributed by atoms with van der Waals surface area (Å²) in [5.74, 6) is 0.639. The highest BCUT2D eigenvalue weighted by Gasteiger charge is 2.52. The molecular formula is C24H41BN4O4. The van der Waals surface area contributed by atoms with Crippen molar-refractivity contribution in [3.05, 3.63) is 12.4 Å². The van der Waals surface area contributed by atoms with Crippen LogP contribution in [0.2, 0.25) is 0 Å². The number of ether oxygens (including phenoxy) is 1. The molecule has 3 rings (SSSR count). The highest BCUT2D eigenvalue weighted by molar-refractivity contribution is 6.61. The molecule has 0 radical (unpaired) electrons. The van der Waals surface area contributed by atoms with Crippen molar-refractivity contribution < 1.29 is 18.8 Å². The highest BCUT2D eigenvalue weighted by Crippen LogP contribution is 2.36. The second-order valence-corrected chi connectivity index (χ2v) is 11.5. The number of piperidine rings is 1. The molecule has 1 aromatic heterocycles. The van der Waals surface area contributed by atoms with Gasteiger partial charge in [-0.3, -0.25) is 0 Å². The molecule has 2 fully saturated rings. The van der Waals surface area contributed by atoms with Crippen molar-refractivity contribution in [2.45, 2.75) is 110 Å². The van der Waals surface area contributed by atoms with Crippen molar-refractivity contribution in [1.82, 2.24) is 14.9 Å². The maximum absolute atomic E-state index is 12.8. The average molecular weight is 460 g/mol. The highest BCUT2D eigenvalue weighted by atomic mass is 16.7. The lowest BCUT2D eigenvalue weighted by molar-refractivity contribution is 0.00578. The first-order chi connectivity index (χ1) is 15.2. The van der Waals surface area contributed by atoms with Gasteiger partial charge in [-0.15, -0.1) is 0 Å². The molecule has 1 atom stereocenters. The zero-order valence-corrected chi connectivity index (χ0v) is 21.8. The van der Waals surface area contributed by atoms with Crippen LogP contribution in [-0.2, 0) is 14.0 Å². The Morgan fingerprint density at radius 2 is 1.76 bits per heavy atom. The van der Waals surface area contributed by atoms with Gasteiger partial charge in [-0.2, -0.15) is 0 Å². The van der Waals surface area contributed by atoms with E-state index in [2.05, 4.69) is 28.7 Å². The largest absolute Gasteiger partial charge is 0.498 e. The molecule has 2 saturated heterocycles. The number of likely N-dealkylation sites (tertiary alicyclic amines) is 1. The van der Waals surface area contributed by atoms with Crippen molar-refractivity contribution in [3.63, 3.8) is 0 Å². The summed E-state index contributed by atoms with van der Waals surface area (Å²) in [6.45, 7) is 19.4. The summed E-state index contributed by atoms with van der Waals surface area (Å²) in [5.41, 5.74) is -0.531. The van der Waals surface area contributed by atoms with E-state index in [1.165, 1.54) is 0 Å². The fourth-order valence-electron chi connectivity index (χ4n) is 4.08. The van der Waals surface area contributed by atoms with Gasteiger partial charge in [0.15, 0.2) is 0 Å². The molecular weight excluding hydrogens is 419 g/mol. The third-order valence-corrected chi connectivity index (χ3v) is 6.73. The number of carbonyl (C=O) groups excluding carboxylic acids is 1. The molecule has 3 heterocycles. The van der Waals surface area contributed by atoms with Crippen molar-refractivity contribution in [1.29, 1.82) is 0 Å². The van der Waals surface area contributed by atoms with E-state index in [-0.39, 0.29) is 18.2 Å². The predicted molar refractivity (Wildman–Crippen MR) is 131 cm³/mol. The van der Waals surface area contributed by atoms with Gasteiger partial charge in [0.2, 0.25) is 5.95 Å². The monoisotopic (exact) mass is 460 g/mol. The lowest BCUT2D eigenvalue weighted by Gasteiger charge is -2.40. The number of carbonyl (C=O) groups is 1. The van der Waals surface area contributed by atoms with Crippen molar-refractivity contribution in [2.24, 2.45) is 0 Å². The minimum Gasteiger partial charge on any atom is -0.444 e. The fourth-order valence-corrected chi connectivity index (χ4v) is 4.08. The van der Waals surface area contributed by atoms with Crippen LogP contribution in [0.15, 0.2) is 12.4 Å². The van der Waals surface area contributed by atoms with Gasteiger partial charge in [-0.25, -0.2) is 14.8 Å². The quantitative estimate of drug-likeness (QED) is 0.619. The number of hydrogen-bond acceptors (Lipinski definition) is 7. The molecule has 2 aliphatic heterocycles. The fraction of sp³-hybridized carbons (Fsp3) is 0.792. The molecule has 0 aliphatic carbocycles. The third kappa shape index (κ3) is 5.98. The summed E-state index contributed by atoms with van der Waals surface area (Å²) in [7, 11) is -0.488. The average Bonchev–Trinajstić information content (AvgIpc) is 2.92. The van der Waals surface area contributed by atoms with E-state index in [1.807, 2.05) is 53.4 Å². The summed E-state index contributed by atoms with van der Waals surface area (Å²) in [4.78, 5) is 26.2. The minimum atomic E-state index is -0.511. The summed E-state index contributed by atoms with van der Waals surface area (Å²) in [6.07, 6.45) is 6.36. The van der Waals surface area contributed by atoms with Crippen molar-refractivity contribution in [2.75, 3.05) is 18.0 Å². The summed E-state index contributed by atoms with van der Waals surface area (Å²) in [6, 6.07) is 0.234. The van der Waals surface area contributed by atoms with E-state index in [0.717, 1.165) is 24.7 Å². The number of amides is 1. The number of aromatic nitrogens is 2. The van der Waals surface area contributed by atoms with Crippen molar-refractivity contribution >= 4 is 24.6 Å². The Kier molecular flexibility index (Phi) is 7.34. The van der Waals surface area contributed by atoms with Crippen LogP contribution < -0.4 is 10.4 Å². The molecule has 2 aliphatic rings. The van der Waals surface area contributed by atoms with Crippen LogP contribution in [0.1, 0.15) is 81.6 Å². The van der Waals surface area contributed by atoms with E-state index >= 15 is 0 Å². The normalized spacial score (nSPS) is 22.5. The number of rotatable bonds is 5. The van der Waals surface area contributed by atoms with E-state index in [9.17, 15) is 4.79 Å². The SMILES string of the molecule is CC(C)N(C[C@H]1CCCCN1C(=O)OC(C)(C)C)c1ncc(B2OC(C)(C)C(C)(C)O2)cn1. The molecule has 0 aromatic carbocycles. The Balaban J connectivity index is 1.74. The summed E-state index contributed by atoms with van der Waals surface area (Å²) < 4.78 is 17.9. The minimum absolute atomic E-state index is 0.0578. The molecule has 184 valence electrons. The molecule has 0 bridgehead atoms. The Morgan fingerprint density at radius 3 is 2.27 bits per heavy atom. The lowest BCUT2D eigenvalue weighted by atomic mass is 9.81. The van der Waals surface area contributed by atoms with E-state index in [4.69, 9.17) is 14.0 Å². The second kappa shape index (κ2) is 9.41. The molecule has 0 saturated carbocycles.